The molecule has 0 saturated heterocycles. The lowest BCUT2D eigenvalue weighted by Crippen LogP contribution is -2.52. The monoisotopic (exact) mass is 521 g/mol. The lowest BCUT2D eigenvalue weighted by atomic mass is 10.1. The average Bonchev–Trinajstić information content (AvgIpc) is 2.86. The number of sulfonamides is 1. The molecule has 0 bridgehead atoms. The Labute approximate surface area is 220 Å². The highest BCUT2D eigenvalue weighted by Crippen LogP contribution is 2.24. The van der Waals surface area contributed by atoms with Crippen LogP contribution >= 0.6 is 0 Å². The molecular formula is C29H35N3O4S. The molecule has 3 rings (SSSR count). The molecule has 0 radical (unpaired) electrons. The number of anilines is 1. The number of para-hydroxylation sites is 1. The molecule has 0 aliphatic heterocycles. The van der Waals surface area contributed by atoms with Crippen molar-refractivity contribution in [1.29, 1.82) is 0 Å². The van der Waals surface area contributed by atoms with Crippen LogP contribution in [0, 0.1) is 13.8 Å². The first-order valence-electron chi connectivity index (χ1n) is 12.3. The molecule has 196 valence electrons. The SMILES string of the molecule is Cc1ccc(CN(C(=O)CN(c2ccccc2)S(=O)(=O)c2ccc(C)cc2)[C@@H](C)C(=O)NC(C)C)cc1. The Morgan fingerprint density at radius 3 is 1.89 bits per heavy atom. The lowest BCUT2D eigenvalue weighted by Gasteiger charge is -2.32. The first kappa shape index (κ1) is 27.9. The molecule has 8 heteroatoms. The number of rotatable bonds is 10. The van der Waals surface area contributed by atoms with Gasteiger partial charge in [-0.15, -0.1) is 0 Å². The van der Waals surface area contributed by atoms with E-state index in [0.717, 1.165) is 21.0 Å². The fourth-order valence-corrected chi connectivity index (χ4v) is 5.25. The standard InChI is InChI=1S/C29H35N3O4S/c1-21(2)30-29(34)24(5)31(19-25-15-11-22(3)12-16-25)28(33)20-32(26-9-7-6-8-10-26)37(35,36)27-17-13-23(4)14-18-27/h6-18,21,24H,19-20H2,1-5H3,(H,30,34)/t24-/m0/s1. The largest absolute Gasteiger partial charge is 0.352 e. The number of carbonyl (C=O) groups excluding carboxylic acids is 2. The Morgan fingerprint density at radius 1 is 0.811 bits per heavy atom. The van der Waals surface area contributed by atoms with Crippen LogP contribution in [0.5, 0.6) is 0 Å². The van der Waals surface area contributed by atoms with Gasteiger partial charge in [-0.2, -0.15) is 0 Å². The quantitative estimate of drug-likeness (QED) is 0.427. The van der Waals surface area contributed by atoms with Crippen LogP contribution in [0.25, 0.3) is 0 Å². The summed E-state index contributed by atoms with van der Waals surface area (Å²) in [6, 6.07) is 21.8. The zero-order valence-corrected chi connectivity index (χ0v) is 22.8. The molecule has 1 atom stereocenters. The van der Waals surface area contributed by atoms with Gasteiger partial charge in [-0.25, -0.2) is 8.42 Å². The van der Waals surface area contributed by atoms with Gasteiger partial charge in [-0.3, -0.25) is 13.9 Å². The number of nitrogens with one attached hydrogen (secondary N) is 1. The first-order valence-corrected chi connectivity index (χ1v) is 13.7. The molecule has 0 fully saturated rings. The molecule has 0 unspecified atom stereocenters. The van der Waals surface area contributed by atoms with Crippen LogP contribution in [0.4, 0.5) is 5.69 Å². The van der Waals surface area contributed by atoms with Crippen molar-refractivity contribution in [2.75, 3.05) is 10.8 Å². The van der Waals surface area contributed by atoms with E-state index >= 15 is 0 Å². The van der Waals surface area contributed by atoms with Gasteiger partial charge >= 0.3 is 0 Å². The maximum Gasteiger partial charge on any atom is 0.264 e. The summed E-state index contributed by atoms with van der Waals surface area (Å²) in [4.78, 5) is 28.2. The van der Waals surface area contributed by atoms with Crippen LogP contribution in [-0.4, -0.2) is 43.8 Å². The highest BCUT2D eigenvalue weighted by molar-refractivity contribution is 7.92. The predicted octanol–water partition coefficient (Wildman–Crippen LogP) is 4.44. The Balaban J connectivity index is 1.99. The zero-order chi connectivity index (χ0) is 27.2. The molecule has 0 saturated carbocycles. The van der Waals surface area contributed by atoms with Crippen molar-refractivity contribution in [3.63, 3.8) is 0 Å². The van der Waals surface area contributed by atoms with E-state index in [1.165, 1.54) is 17.0 Å². The second-order valence-electron chi connectivity index (χ2n) is 9.51. The van der Waals surface area contributed by atoms with Crippen LogP contribution in [0.15, 0.2) is 83.8 Å². The zero-order valence-electron chi connectivity index (χ0n) is 22.0. The van der Waals surface area contributed by atoms with Crippen LogP contribution in [0.1, 0.15) is 37.5 Å². The minimum absolute atomic E-state index is 0.0884. The first-order chi connectivity index (χ1) is 17.5. The van der Waals surface area contributed by atoms with E-state index in [9.17, 15) is 18.0 Å². The van der Waals surface area contributed by atoms with Gasteiger partial charge in [-0.05, 0) is 64.4 Å². The topological polar surface area (TPSA) is 86.8 Å². The molecule has 1 N–H and O–H groups in total. The smallest absolute Gasteiger partial charge is 0.264 e. The Kier molecular flexibility index (Phi) is 9.10. The van der Waals surface area contributed by atoms with Crippen molar-refractivity contribution in [2.24, 2.45) is 0 Å². The second-order valence-corrected chi connectivity index (χ2v) is 11.4. The number of hydrogen-bond donors (Lipinski definition) is 1. The minimum Gasteiger partial charge on any atom is -0.352 e. The third-order valence-electron chi connectivity index (χ3n) is 6.00. The Hall–Kier alpha value is -3.65. The van der Waals surface area contributed by atoms with E-state index in [2.05, 4.69) is 5.32 Å². The summed E-state index contributed by atoms with van der Waals surface area (Å²) < 4.78 is 28.6. The van der Waals surface area contributed by atoms with E-state index in [-0.39, 0.29) is 23.4 Å². The van der Waals surface area contributed by atoms with Crippen LogP contribution in [-0.2, 0) is 26.2 Å². The fourth-order valence-electron chi connectivity index (χ4n) is 3.84. The summed E-state index contributed by atoms with van der Waals surface area (Å²) in [5.74, 6) is -0.783. The summed E-state index contributed by atoms with van der Waals surface area (Å²) in [5.41, 5.74) is 3.21. The molecule has 0 heterocycles. The second kappa shape index (κ2) is 12.1. The van der Waals surface area contributed by atoms with Crippen LogP contribution < -0.4 is 9.62 Å². The minimum atomic E-state index is -4.06. The number of aryl methyl sites for hydroxylation is 2. The van der Waals surface area contributed by atoms with Crippen molar-refractivity contribution in [1.82, 2.24) is 10.2 Å². The van der Waals surface area contributed by atoms with Gasteiger partial charge < -0.3 is 10.2 Å². The van der Waals surface area contributed by atoms with Gasteiger partial charge in [0.25, 0.3) is 10.0 Å². The van der Waals surface area contributed by atoms with Crippen molar-refractivity contribution in [2.45, 2.75) is 58.1 Å². The predicted molar refractivity (Wildman–Crippen MR) is 147 cm³/mol. The average molecular weight is 522 g/mol. The number of nitrogens with zero attached hydrogens (tertiary/aromatic N) is 2. The van der Waals surface area contributed by atoms with E-state index in [1.807, 2.05) is 52.0 Å². The molecular weight excluding hydrogens is 486 g/mol. The van der Waals surface area contributed by atoms with Gasteiger partial charge in [0.15, 0.2) is 0 Å². The van der Waals surface area contributed by atoms with Gasteiger partial charge in [0.2, 0.25) is 11.8 Å². The summed E-state index contributed by atoms with van der Waals surface area (Å²) in [6.07, 6.45) is 0. The molecule has 3 aromatic rings. The summed E-state index contributed by atoms with van der Waals surface area (Å²) in [5, 5.41) is 2.85. The summed E-state index contributed by atoms with van der Waals surface area (Å²) >= 11 is 0. The highest BCUT2D eigenvalue weighted by atomic mass is 32.2. The fraction of sp³-hybridized carbons (Fsp3) is 0.310. The number of carbonyl (C=O) groups is 2. The summed E-state index contributed by atoms with van der Waals surface area (Å²) in [6.45, 7) is 8.92. The van der Waals surface area contributed by atoms with Gasteiger partial charge in [0, 0.05) is 12.6 Å². The van der Waals surface area contributed by atoms with Crippen molar-refractivity contribution >= 4 is 27.5 Å². The maximum absolute atomic E-state index is 13.8. The van der Waals surface area contributed by atoms with Crippen molar-refractivity contribution in [3.8, 4) is 0 Å². The Morgan fingerprint density at radius 2 is 1.35 bits per heavy atom. The molecule has 7 nitrogen and oxygen atoms in total. The highest BCUT2D eigenvalue weighted by Gasteiger charge is 2.32. The van der Waals surface area contributed by atoms with Gasteiger partial charge in [0.05, 0.1) is 10.6 Å². The van der Waals surface area contributed by atoms with E-state index in [0.29, 0.717) is 5.69 Å². The number of hydrogen-bond acceptors (Lipinski definition) is 4. The molecule has 0 aliphatic rings. The summed E-state index contributed by atoms with van der Waals surface area (Å²) in [7, 11) is -4.06. The van der Waals surface area contributed by atoms with Gasteiger partial charge in [0.1, 0.15) is 12.6 Å². The number of benzene rings is 3. The number of amides is 2. The van der Waals surface area contributed by atoms with Crippen LogP contribution in [0.2, 0.25) is 0 Å². The third-order valence-corrected chi connectivity index (χ3v) is 7.79. The van der Waals surface area contributed by atoms with E-state index in [4.69, 9.17) is 0 Å². The maximum atomic E-state index is 13.8. The van der Waals surface area contributed by atoms with Crippen molar-refractivity contribution < 1.29 is 18.0 Å². The lowest BCUT2D eigenvalue weighted by molar-refractivity contribution is -0.139. The molecule has 0 aromatic heterocycles. The molecule has 0 spiro atoms. The van der Waals surface area contributed by atoms with E-state index in [1.54, 1.807) is 49.4 Å². The molecule has 37 heavy (non-hydrogen) atoms. The third kappa shape index (κ3) is 7.20. The normalized spacial score (nSPS) is 12.2. The molecule has 0 aliphatic carbocycles. The van der Waals surface area contributed by atoms with E-state index < -0.39 is 28.5 Å². The van der Waals surface area contributed by atoms with Crippen LogP contribution in [0.3, 0.4) is 0 Å². The van der Waals surface area contributed by atoms with Gasteiger partial charge in [-0.1, -0.05) is 65.7 Å². The Bertz CT molecular complexity index is 1310. The van der Waals surface area contributed by atoms with Crippen molar-refractivity contribution in [3.05, 3.63) is 95.6 Å². The molecule has 3 aromatic carbocycles. The molecule has 2 amide bonds.